The Morgan fingerprint density at radius 1 is 1.26 bits per heavy atom. The largest absolute Gasteiger partial charge is 0.333 e. The quantitative estimate of drug-likeness (QED) is 0.787. The molecule has 0 saturated carbocycles. The Hall–Kier alpha value is -1.92. The van der Waals surface area contributed by atoms with E-state index in [9.17, 15) is 4.79 Å². The molecule has 0 bridgehead atoms. The summed E-state index contributed by atoms with van der Waals surface area (Å²) < 4.78 is 1.73. The molecule has 1 aromatic heterocycles. The van der Waals surface area contributed by atoms with Crippen molar-refractivity contribution in [1.29, 1.82) is 0 Å². The Labute approximate surface area is 165 Å². The fraction of sp³-hybridized carbons (Fsp3) is 0.550. The van der Waals surface area contributed by atoms with E-state index < -0.39 is 0 Å². The molecule has 0 spiro atoms. The second kappa shape index (κ2) is 9.33. The highest BCUT2D eigenvalue weighted by Crippen LogP contribution is 2.22. The molecule has 1 aliphatic rings. The molecule has 2 aromatic rings. The van der Waals surface area contributed by atoms with Crippen LogP contribution in [0.4, 0.5) is 0 Å². The van der Waals surface area contributed by atoms with Gasteiger partial charge in [0.15, 0.2) is 0 Å². The van der Waals surface area contributed by atoms with Gasteiger partial charge in [-0.15, -0.1) is 5.10 Å². The van der Waals surface area contributed by atoms with Crippen LogP contribution in [0.25, 0.3) is 5.69 Å². The van der Waals surface area contributed by atoms with E-state index in [0.29, 0.717) is 5.02 Å². The monoisotopic (exact) mass is 389 g/mol. The summed E-state index contributed by atoms with van der Waals surface area (Å²) in [6.07, 6.45) is 4.52. The van der Waals surface area contributed by atoms with Crippen LogP contribution in [0.2, 0.25) is 5.02 Å². The molecular weight excluding hydrogens is 362 g/mol. The Balaban J connectivity index is 1.94. The minimum absolute atomic E-state index is 0.0769. The van der Waals surface area contributed by atoms with Gasteiger partial charge in [0.25, 0.3) is 5.91 Å². The van der Waals surface area contributed by atoms with E-state index in [1.54, 1.807) is 4.68 Å². The number of hydrogen-bond donors (Lipinski definition) is 1. The first-order valence-electron chi connectivity index (χ1n) is 9.88. The van der Waals surface area contributed by atoms with Gasteiger partial charge in [-0.05, 0) is 50.9 Å². The first-order chi connectivity index (χ1) is 13.2. The summed E-state index contributed by atoms with van der Waals surface area (Å²) in [5, 5.41) is 8.53. The number of amides is 1. The van der Waals surface area contributed by atoms with Crippen LogP contribution in [0.5, 0.6) is 0 Å². The standard InChI is InChI=1S/C20H28ClN5O/c1-3-7-18-23-19(24-26(18)17-9-6-5-8-16(17)21)20(27)25(14-4-2)15-10-12-22-13-11-15/h5-6,8-9,15,22H,3-4,7,10-14H2,1-2H3. The van der Waals surface area contributed by atoms with Crippen molar-refractivity contribution in [3.05, 3.63) is 40.9 Å². The van der Waals surface area contributed by atoms with Crippen molar-refractivity contribution < 1.29 is 4.79 Å². The van der Waals surface area contributed by atoms with Gasteiger partial charge in [-0.3, -0.25) is 4.79 Å². The lowest BCUT2D eigenvalue weighted by Gasteiger charge is -2.33. The molecule has 27 heavy (non-hydrogen) atoms. The van der Waals surface area contributed by atoms with Gasteiger partial charge in [-0.25, -0.2) is 9.67 Å². The summed E-state index contributed by atoms with van der Waals surface area (Å²) in [6, 6.07) is 7.78. The molecule has 1 saturated heterocycles. The van der Waals surface area contributed by atoms with E-state index >= 15 is 0 Å². The highest BCUT2D eigenvalue weighted by molar-refractivity contribution is 6.32. The summed E-state index contributed by atoms with van der Waals surface area (Å²) in [4.78, 5) is 19.8. The zero-order valence-corrected chi connectivity index (χ0v) is 16.9. The van der Waals surface area contributed by atoms with Crippen molar-refractivity contribution in [2.75, 3.05) is 19.6 Å². The fourth-order valence-electron chi connectivity index (χ4n) is 3.57. The minimum Gasteiger partial charge on any atom is -0.333 e. The van der Waals surface area contributed by atoms with Gasteiger partial charge in [0.2, 0.25) is 5.82 Å². The number of benzene rings is 1. The molecule has 0 atom stereocenters. The molecule has 1 aromatic carbocycles. The molecule has 1 amide bonds. The highest BCUT2D eigenvalue weighted by Gasteiger charge is 2.29. The van der Waals surface area contributed by atoms with Crippen molar-refractivity contribution in [2.24, 2.45) is 0 Å². The Kier molecular flexibility index (Phi) is 6.85. The lowest BCUT2D eigenvalue weighted by molar-refractivity contribution is 0.0630. The van der Waals surface area contributed by atoms with E-state index in [-0.39, 0.29) is 17.8 Å². The van der Waals surface area contributed by atoms with Gasteiger partial charge in [0, 0.05) is 19.0 Å². The maximum Gasteiger partial charge on any atom is 0.293 e. The van der Waals surface area contributed by atoms with Crippen LogP contribution in [0.15, 0.2) is 24.3 Å². The number of piperidine rings is 1. The van der Waals surface area contributed by atoms with E-state index in [0.717, 1.165) is 63.3 Å². The Morgan fingerprint density at radius 2 is 2.00 bits per heavy atom. The second-order valence-electron chi connectivity index (χ2n) is 6.94. The van der Waals surface area contributed by atoms with Gasteiger partial charge < -0.3 is 10.2 Å². The van der Waals surface area contributed by atoms with E-state index in [1.165, 1.54) is 0 Å². The average molecular weight is 390 g/mol. The van der Waals surface area contributed by atoms with E-state index in [1.807, 2.05) is 29.2 Å². The van der Waals surface area contributed by atoms with Crippen LogP contribution in [0.1, 0.15) is 56.0 Å². The maximum absolute atomic E-state index is 13.3. The predicted molar refractivity (Wildman–Crippen MR) is 108 cm³/mol. The van der Waals surface area contributed by atoms with Gasteiger partial charge in [0.05, 0.1) is 10.7 Å². The van der Waals surface area contributed by atoms with Crippen molar-refractivity contribution >= 4 is 17.5 Å². The molecule has 6 nitrogen and oxygen atoms in total. The molecular formula is C20H28ClN5O. The summed E-state index contributed by atoms with van der Waals surface area (Å²) in [7, 11) is 0. The first-order valence-corrected chi connectivity index (χ1v) is 10.3. The molecule has 1 aliphatic heterocycles. The van der Waals surface area contributed by atoms with Gasteiger partial charge >= 0.3 is 0 Å². The molecule has 3 rings (SSSR count). The van der Waals surface area contributed by atoms with Crippen LogP contribution in [-0.2, 0) is 6.42 Å². The lowest BCUT2D eigenvalue weighted by atomic mass is 10.0. The van der Waals surface area contributed by atoms with Gasteiger partial charge in [-0.1, -0.05) is 37.6 Å². The van der Waals surface area contributed by atoms with E-state index in [2.05, 4.69) is 29.2 Å². The van der Waals surface area contributed by atoms with Crippen LogP contribution in [0, 0.1) is 0 Å². The normalized spacial score (nSPS) is 15.1. The smallest absolute Gasteiger partial charge is 0.293 e. The lowest BCUT2D eigenvalue weighted by Crippen LogP contribution is -2.46. The number of halogens is 1. The Bertz CT molecular complexity index is 769. The summed E-state index contributed by atoms with van der Waals surface area (Å²) in [6.45, 7) is 6.81. The van der Waals surface area contributed by atoms with Crippen LogP contribution in [0.3, 0.4) is 0 Å². The van der Waals surface area contributed by atoms with Crippen molar-refractivity contribution in [3.8, 4) is 5.69 Å². The SMILES string of the molecule is CCCc1nc(C(=O)N(CCC)C2CCNCC2)nn1-c1ccccc1Cl. The molecule has 0 unspecified atom stereocenters. The zero-order chi connectivity index (χ0) is 19.2. The van der Waals surface area contributed by atoms with E-state index in [4.69, 9.17) is 11.6 Å². The number of carbonyl (C=O) groups is 1. The third-order valence-electron chi connectivity index (χ3n) is 4.89. The number of para-hydroxylation sites is 1. The molecule has 2 heterocycles. The summed E-state index contributed by atoms with van der Waals surface area (Å²) >= 11 is 6.36. The molecule has 1 N–H and O–H groups in total. The molecule has 7 heteroatoms. The number of hydrogen-bond acceptors (Lipinski definition) is 4. The minimum atomic E-state index is -0.0769. The number of nitrogens with zero attached hydrogens (tertiary/aromatic N) is 4. The highest BCUT2D eigenvalue weighted by atomic mass is 35.5. The van der Waals surface area contributed by atoms with Crippen molar-refractivity contribution in [2.45, 2.75) is 52.0 Å². The topological polar surface area (TPSA) is 63.1 Å². The number of rotatable bonds is 7. The molecule has 146 valence electrons. The van der Waals surface area contributed by atoms with Gasteiger partial charge in [0.1, 0.15) is 5.82 Å². The number of aromatic nitrogens is 3. The van der Waals surface area contributed by atoms with Crippen molar-refractivity contribution in [3.63, 3.8) is 0 Å². The third kappa shape index (κ3) is 4.50. The molecule has 0 aliphatic carbocycles. The first kappa shape index (κ1) is 19.8. The van der Waals surface area contributed by atoms with Crippen LogP contribution in [-0.4, -0.2) is 51.2 Å². The molecule has 1 fully saturated rings. The van der Waals surface area contributed by atoms with Gasteiger partial charge in [-0.2, -0.15) is 0 Å². The Morgan fingerprint density at radius 3 is 2.67 bits per heavy atom. The fourth-order valence-corrected chi connectivity index (χ4v) is 3.79. The van der Waals surface area contributed by atoms with Crippen molar-refractivity contribution in [1.82, 2.24) is 25.0 Å². The number of aryl methyl sites for hydroxylation is 1. The predicted octanol–water partition coefficient (Wildman–Crippen LogP) is 3.48. The second-order valence-corrected chi connectivity index (χ2v) is 7.35. The number of nitrogens with one attached hydrogen (secondary N) is 1. The van der Waals surface area contributed by atoms with Crippen LogP contribution < -0.4 is 5.32 Å². The average Bonchev–Trinajstić information content (AvgIpc) is 3.11. The van der Waals surface area contributed by atoms with Crippen LogP contribution >= 0.6 is 11.6 Å². The summed E-state index contributed by atoms with van der Waals surface area (Å²) in [5.74, 6) is 0.966. The number of carbonyl (C=O) groups excluding carboxylic acids is 1. The maximum atomic E-state index is 13.3. The summed E-state index contributed by atoms with van der Waals surface area (Å²) in [5.41, 5.74) is 0.762. The zero-order valence-electron chi connectivity index (χ0n) is 16.1. The molecule has 0 radical (unpaired) electrons. The third-order valence-corrected chi connectivity index (χ3v) is 5.21.